The molecule has 0 saturated carbocycles. The van der Waals surface area contributed by atoms with Crippen molar-refractivity contribution in [2.45, 2.75) is 32.8 Å². The van der Waals surface area contributed by atoms with Crippen molar-refractivity contribution in [3.63, 3.8) is 0 Å². The van der Waals surface area contributed by atoms with Crippen LogP contribution in [0, 0.1) is 41.7 Å². The predicted molar refractivity (Wildman–Crippen MR) is 71.3 cm³/mol. The van der Waals surface area contributed by atoms with Crippen molar-refractivity contribution in [3.05, 3.63) is 34.9 Å². The third-order valence-corrected chi connectivity index (χ3v) is 3.05. The van der Waals surface area contributed by atoms with Gasteiger partial charge in [0.25, 0.3) is 0 Å². The Labute approximate surface area is 112 Å². The second-order valence-electron chi connectivity index (χ2n) is 4.72. The number of aliphatic hydroxyl groups excluding tert-OH is 1. The second-order valence-corrected chi connectivity index (χ2v) is 4.72. The molecular weight excluding hydrogens is 246 g/mol. The lowest BCUT2D eigenvalue weighted by molar-refractivity contribution is 0.290. The zero-order valence-electron chi connectivity index (χ0n) is 11.2. The molecule has 1 nitrogen and oxygen atoms in total. The van der Waals surface area contributed by atoms with Crippen LogP contribution in [0.1, 0.15) is 37.8 Å². The first-order valence-corrected chi connectivity index (χ1v) is 6.01. The molecule has 0 radical (unpaired) electrons. The Morgan fingerprint density at radius 3 is 2.11 bits per heavy atom. The van der Waals surface area contributed by atoms with Crippen molar-refractivity contribution in [2.75, 3.05) is 0 Å². The van der Waals surface area contributed by atoms with E-state index < -0.39 is 17.7 Å². The van der Waals surface area contributed by atoms with Crippen LogP contribution < -0.4 is 0 Å². The number of rotatable bonds is 2. The molecule has 19 heavy (non-hydrogen) atoms. The highest BCUT2D eigenvalue weighted by molar-refractivity contribution is 5.40. The van der Waals surface area contributed by atoms with Crippen molar-refractivity contribution >= 4 is 0 Å². The smallest absolute Gasteiger partial charge is 0.176 e. The van der Waals surface area contributed by atoms with E-state index in [0.717, 1.165) is 12.1 Å². The molecule has 0 aliphatic rings. The molecule has 0 spiro atoms. The summed E-state index contributed by atoms with van der Waals surface area (Å²) in [5.41, 5.74) is 0.224. The maximum atomic E-state index is 13.9. The molecule has 0 fully saturated rings. The third kappa shape index (κ3) is 3.81. The van der Waals surface area contributed by atoms with E-state index in [1.54, 1.807) is 6.92 Å². The van der Waals surface area contributed by atoms with Gasteiger partial charge in [0.05, 0.1) is 0 Å². The van der Waals surface area contributed by atoms with E-state index in [4.69, 9.17) is 11.5 Å². The molecule has 2 atom stereocenters. The van der Waals surface area contributed by atoms with Gasteiger partial charge in [-0.15, -0.1) is 6.42 Å². The summed E-state index contributed by atoms with van der Waals surface area (Å²) < 4.78 is 27.8. The molecule has 1 aromatic carbocycles. The van der Waals surface area contributed by atoms with Gasteiger partial charge >= 0.3 is 0 Å². The monoisotopic (exact) mass is 262 g/mol. The highest BCUT2D eigenvalue weighted by atomic mass is 19.1. The van der Waals surface area contributed by atoms with Gasteiger partial charge in [-0.05, 0) is 24.0 Å². The second kappa shape index (κ2) is 6.36. The van der Waals surface area contributed by atoms with Gasteiger partial charge in [0.2, 0.25) is 0 Å². The first-order chi connectivity index (χ1) is 8.86. The first-order valence-electron chi connectivity index (χ1n) is 6.01. The number of halogens is 2. The fraction of sp³-hybridized carbons (Fsp3) is 0.375. The number of hydrogen-bond acceptors (Lipinski definition) is 1. The van der Waals surface area contributed by atoms with E-state index in [9.17, 15) is 8.78 Å². The predicted octanol–water partition coefficient (Wildman–Crippen LogP) is 3.07. The first kappa shape index (κ1) is 15.2. The molecular formula is C16H16F2O. The van der Waals surface area contributed by atoms with Gasteiger partial charge in [-0.1, -0.05) is 38.5 Å². The van der Waals surface area contributed by atoms with Crippen LogP contribution in [0.3, 0.4) is 0 Å². The molecule has 0 heterocycles. The minimum Gasteiger partial charge on any atom is -0.369 e. The van der Waals surface area contributed by atoms with Gasteiger partial charge in [0.1, 0.15) is 11.6 Å². The van der Waals surface area contributed by atoms with Crippen molar-refractivity contribution < 1.29 is 13.9 Å². The topological polar surface area (TPSA) is 20.2 Å². The number of aliphatic hydroxyl groups is 1. The van der Waals surface area contributed by atoms with Gasteiger partial charge < -0.3 is 5.11 Å². The van der Waals surface area contributed by atoms with Gasteiger partial charge in [-0.2, -0.15) is 0 Å². The lowest BCUT2D eigenvalue weighted by atomic mass is 9.89. The summed E-state index contributed by atoms with van der Waals surface area (Å²) in [4.78, 5) is 0. The van der Waals surface area contributed by atoms with E-state index in [1.165, 1.54) is 0 Å². The summed E-state index contributed by atoms with van der Waals surface area (Å²) in [5, 5.41) is 9.08. The molecule has 0 aromatic heterocycles. The summed E-state index contributed by atoms with van der Waals surface area (Å²) in [6.45, 7) is 5.58. The van der Waals surface area contributed by atoms with E-state index in [-0.39, 0.29) is 23.0 Å². The molecule has 0 aliphatic heterocycles. The summed E-state index contributed by atoms with van der Waals surface area (Å²) in [6.07, 6.45) is 3.71. The summed E-state index contributed by atoms with van der Waals surface area (Å²) in [6, 6.07) is 2.32. The van der Waals surface area contributed by atoms with Gasteiger partial charge in [-0.3, -0.25) is 0 Å². The molecule has 1 rings (SSSR count). The Morgan fingerprint density at radius 2 is 1.68 bits per heavy atom. The minimum absolute atomic E-state index is 0.0676. The molecule has 1 N–H and O–H groups in total. The maximum absolute atomic E-state index is 13.9. The highest BCUT2D eigenvalue weighted by Crippen LogP contribution is 2.29. The van der Waals surface area contributed by atoms with Crippen LogP contribution in [0.5, 0.6) is 0 Å². The van der Waals surface area contributed by atoms with Crippen molar-refractivity contribution in [3.8, 4) is 24.2 Å². The Kier molecular flexibility index (Phi) is 5.10. The van der Waals surface area contributed by atoms with Crippen LogP contribution in [0.15, 0.2) is 12.1 Å². The molecule has 0 bridgehead atoms. The third-order valence-electron chi connectivity index (χ3n) is 3.05. The van der Waals surface area contributed by atoms with E-state index in [1.807, 2.05) is 19.8 Å². The average Bonchev–Trinajstić information content (AvgIpc) is 2.34. The standard InChI is InChI=1S/C16H16F2O/c1-5-13(19)7-6-12-8-14(17)16(15(18)9-12)11(4)10(2)3/h1,8-11,13,19H,2-4H3. The van der Waals surface area contributed by atoms with Crippen LogP contribution in [0.2, 0.25) is 0 Å². The molecule has 1 aromatic rings. The SMILES string of the molecule is C#CC(O)C#Cc1cc(F)c(C(C)C(C)C)c(F)c1. The highest BCUT2D eigenvalue weighted by Gasteiger charge is 2.19. The Morgan fingerprint density at radius 1 is 1.16 bits per heavy atom. The number of terminal acetylenes is 1. The van der Waals surface area contributed by atoms with E-state index >= 15 is 0 Å². The molecule has 0 saturated heterocycles. The van der Waals surface area contributed by atoms with Gasteiger partial charge in [0.15, 0.2) is 6.10 Å². The lowest BCUT2D eigenvalue weighted by Crippen LogP contribution is -2.08. The molecule has 100 valence electrons. The Balaban J connectivity index is 3.17. The molecule has 3 heteroatoms. The molecule has 0 amide bonds. The molecule has 0 aliphatic carbocycles. The van der Waals surface area contributed by atoms with Crippen molar-refractivity contribution in [1.29, 1.82) is 0 Å². The summed E-state index contributed by atoms with van der Waals surface area (Å²) >= 11 is 0. The zero-order chi connectivity index (χ0) is 14.6. The Bertz CT molecular complexity index is 535. The Hall–Kier alpha value is -1.84. The lowest BCUT2D eigenvalue weighted by Gasteiger charge is -2.17. The van der Waals surface area contributed by atoms with Crippen LogP contribution >= 0.6 is 0 Å². The average molecular weight is 262 g/mol. The largest absolute Gasteiger partial charge is 0.369 e. The van der Waals surface area contributed by atoms with E-state index in [2.05, 4.69) is 11.8 Å². The van der Waals surface area contributed by atoms with Crippen LogP contribution in [-0.2, 0) is 0 Å². The quantitative estimate of drug-likeness (QED) is 0.812. The minimum atomic E-state index is -1.24. The van der Waals surface area contributed by atoms with Crippen LogP contribution in [0.4, 0.5) is 8.78 Å². The van der Waals surface area contributed by atoms with Crippen molar-refractivity contribution in [1.82, 2.24) is 0 Å². The normalized spacial score (nSPS) is 13.4. The zero-order valence-corrected chi connectivity index (χ0v) is 11.2. The van der Waals surface area contributed by atoms with Gasteiger partial charge in [-0.25, -0.2) is 8.78 Å². The number of benzene rings is 1. The fourth-order valence-electron chi connectivity index (χ4n) is 1.62. The molecule has 2 unspecified atom stereocenters. The van der Waals surface area contributed by atoms with Gasteiger partial charge in [0, 0.05) is 11.1 Å². The fourth-order valence-corrected chi connectivity index (χ4v) is 1.62. The summed E-state index contributed by atoms with van der Waals surface area (Å²) in [5.74, 6) is 5.42. The van der Waals surface area contributed by atoms with Crippen LogP contribution in [0.25, 0.3) is 0 Å². The number of hydrogen-bond donors (Lipinski definition) is 1. The van der Waals surface area contributed by atoms with Crippen LogP contribution in [-0.4, -0.2) is 11.2 Å². The maximum Gasteiger partial charge on any atom is 0.176 e. The summed E-state index contributed by atoms with van der Waals surface area (Å²) in [7, 11) is 0. The van der Waals surface area contributed by atoms with Crippen molar-refractivity contribution in [2.24, 2.45) is 5.92 Å². The van der Waals surface area contributed by atoms with E-state index in [0.29, 0.717) is 0 Å².